The smallest absolute Gasteiger partial charge is 0.163 e. The lowest BCUT2D eigenvalue weighted by Gasteiger charge is -2.06. The van der Waals surface area contributed by atoms with Gasteiger partial charge in [0.25, 0.3) is 0 Å². The van der Waals surface area contributed by atoms with Crippen LogP contribution >= 0.6 is 0 Å². The van der Waals surface area contributed by atoms with Crippen molar-refractivity contribution in [3.8, 4) is 0 Å². The highest BCUT2D eigenvalue weighted by molar-refractivity contribution is 6.01. The predicted octanol–water partition coefficient (Wildman–Crippen LogP) is 1.04. The molecule has 2 unspecified atom stereocenters. The average Bonchev–Trinajstić information content (AvgIpc) is 2.58. The Labute approximate surface area is 66.9 Å². The highest BCUT2D eigenvalue weighted by atomic mass is 16.1. The summed E-state index contributed by atoms with van der Waals surface area (Å²) in [6, 6.07) is 0. The summed E-state index contributed by atoms with van der Waals surface area (Å²) < 4.78 is 0. The van der Waals surface area contributed by atoms with Gasteiger partial charge in [-0.2, -0.15) is 0 Å². The lowest BCUT2D eigenvalue weighted by Crippen LogP contribution is -2.07. The van der Waals surface area contributed by atoms with Gasteiger partial charge in [-0.1, -0.05) is 0 Å². The monoisotopic (exact) mass is 151 g/mol. The van der Waals surface area contributed by atoms with Crippen molar-refractivity contribution < 1.29 is 4.79 Å². The van der Waals surface area contributed by atoms with Gasteiger partial charge < -0.3 is 4.90 Å². The van der Waals surface area contributed by atoms with E-state index in [2.05, 4.69) is 0 Å². The zero-order valence-corrected chi connectivity index (χ0v) is 7.00. The van der Waals surface area contributed by atoms with Crippen LogP contribution in [0.5, 0.6) is 0 Å². The van der Waals surface area contributed by atoms with Crippen LogP contribution < -0.4 is 0 Å². The summed E-state index contributed by atoms with van der Waals surface area (Å²) in [6.07, 6.45) is 4.15. The molecule has 2 saturated carbocycles. The minimum atomic E-state index is 0.406. The fourth-order valence-corrected chi connectivity index (χ4v) is 1.84. The average molecular weight is 151 g/mol. The van der Waals surface area contributed by atoms with Crippen LogP contribution in [0.25, 0.3) is 0 Å². The quantitative estimate of drug-likeness (QED) is 0.522. The fraction of sp³-hybridized carbons (Fsp3) is 0.667. The molecule has 0 heterocycles. The fourth-order valence-electron chi connectivity index (χ4n) is 1.84. The molecular weight excluding hydrogens is 138 g/mol. The molecule has 0 N–H and O–H groups in total. The van der Waals surface area contributed by atoms with E-state index in [1.807, 2.05) is 25.2 Å². The first-order valence-electron chi connectivity index (χ1n) is 4.10. The highest BCUT2D eigenvalue weighted by Crippen LogP contribution is 2.51. The lowest BCUT2D eigenvalue weighted by atomic mass is 10.1. The van der Waals surface area contributed by atoms with Crippen LogP contribution in [0.2, 0.25) is 0 Å². The Morgan fingerprint density at radius 2 is 2.27 bits per heavy atom. The van der Waals surface area contributed by atoms with E-state index in [0.29, 0.717) is 17.6 Å². The third kappa shape index (κ3) is 1.06. The molecule has 2 aliphatic rings. The molecule has 2 fully saturated rings. The first kappa shape index (κ1) is 6.89. The maximum Gasteiger partial charge on any atom is 0.163 e. The summed E-state index contributed by atoms with van der Waals surface area (Å²) in [7, 11) is 3.93. The molecule has 2 atom stereocenters. The first-order chi connectivity index (χ1) is 5.18. The van der Waals surface area contributed by atoms with Crippen LogP contribution in [-0.2, 0) is 4.79 Å². The van der Waals surface area contributed by atoms with E-state index >= 15 is 0 Å². The zero-order valence-electron chi connectivity index (χ0n) is 7.00. The Hall–Kier alpha value is -0.790. The molecule has 2 nitrogen and oxygen atoms in total. The molecule has 2 heteroatoms. The molecule has 0 aromatic heterocycles. The van der Waals surface area contributed by atoms with E-state index < -0.39 is 0 Å². The molecule has 0 aromatic rings. The number of Topliss-reactive ketones (excluding diaryl/α,β-unsaturated/α-hetero) is 1. The number of hydrogen-bond donors (Lipinski definition) is 0. The molecule has 0 amide bonds. The number of fused-ring (bicyclic) bond motifs is 1. The summed E-state index contributed by atoms with van der Waals surface area (Å²) in [6.45, 7) is 0. The molecule has 0 aromatic carbocycles. The lowest BCUT2D eigenvalue weighted by molar-refractivity contribution is -0.116. The van der Waals surface area contributed by atoms with Crippen molar-refractivity contribution in [2.75, 3.05) is 14.1 Å². The minimum Gasteiger partial charge on any atom is -0.383 e. The Balaban J connectivity index is 2.12. The molecule has 0 bridgehead atoms. The summed E-state index contributed by atoms with van der Waals surface area (Å²) in [5.41, 5.74) is 1.04. The molecule has 2 aliphatic carbocycles. The molecule has 2 rings (SSSR count). The van der Waals surface area contributed by atoms with Crippen molar-refractivity contribution in [1.82, 2.24) is 4.90 Å². The van der Waals surface area contributed by atoms with E-state index in [1.54, 1.807) is 0 Å². The summed E-state index contributed by atoms with van der Waals surface area (Å²) in [5.74, 6) is 1.54. The second-order valence-corrected chi connectivity index (χ2v) is 3.79. The molecule has 11 heavy (non-hydrogen) atoms. The van der Waals surface area contributed by atoms with Crippen molar-refractivity contribution in [1.29, 1.82) is 0 Å². The number of rotatable bonds is 1. The van der Waals surface area contributed by atoms with Crippen molar-refractivity contribution >= 4 is 5.78 Å². The van der Waals surface area contributed by atoms with Crippen LogP contribution in [-0.4, -0.2) is 24.8 Å². The second-order valence-electron chi connectivity index (χ2n) is 3.79. The van der Waals surface area contributed by atoms with E-state index in [4.69, 9.17) is 0 Å². The van der Waals surface area contributed by atoms with E-state index in [-0.39, 0.29) is 0 Å². The number of carbonyl (C=O) groups excluding carboxylic acids is 1. The van der Waals surface area contributed by atoms with Gasteiger partial charge in [0.05, 0.1) is 0 Å². The van der Waals surface area contributed by atoms with Crippen molar-refractivity contribution in [2.24, 2.45) is 11.8 Å². The third-order valence-electron chi connectivity index (χ3n) is 2.47. The normalized spacial score (nSPS) is 37.6. The Kier molecular flexibility index (Phi) is 1.31. The summed E-state index contributed by atoms with van der Waals surface area (Å²) >= 11 is 0. The van der Waals surface area contributed by atoms with Gasteiger partial charge in [0.15, 0.2) is 5.78 Å². The highest BCUT2D eigenvalue weighted by Gasteiger charge is 2.50. The molecule has 0 radical (unpaired) electrons. The maximum absolute atomic E-state index is 11.4. The number of nitrogens with zero attached hydrogens (tertiary/aromatic N) is 1. The Morgan fingerprint density at radius 3 is 2.73 bits per heavy atom. The van der Waals surface area contributed by atoms with Gasteiger partial charge in [-0.3, -0.25) is 4.79 Å². The first-order valence-corrected chi connectivity index (χ1v) is 4.10. The molecule has 60 valence electrons. The molecule has 0 spiro atoms. The van der Waals surface area contributed by atoms with Crippen LogP contribution in [0.1, 0.15) is 12.8 Å². The van der Waals surface area contributed by atoms with Gasteiger partial charge >= 0.3 is 0 Å². The topological polar surface area (TPSA) is 20.3 Å². The van der Waals surface area contributed by atoms with Gasteiger partial charge in [-0.05, 0) is 18.8 Å². The van der Waals surface area contributed by atoms with E-state index in [1.165, 1.54) is 0 Å². The molecule has 0 aliphatic heterocycles. The summed E-state index contributed by atoms with van der Waals surface area (Å²) in [5, 5.41) is 0. The number of ketones is 1. The third-order valence-corrected chi connectivity index (χ3v) is 2.47. The predicted molar refractivity (Wildman–Crippen MR) is 43.0 cm³/mol. The van der Waals surface area contributed by atoms with Crippen LogP contribution in [0.15, 0.2) is 11.8 Å². The van der Waals surface area contributed by atoms with Crippen LogP contribution in [0.3, 0.4) is 0 Å². The van der Waals surface area contributed by atoms with E-state index in [0.717, 1.165) is 18.4 Å². The van der Waals surface area contributed by atoms with Gasteiger partial charge in [0.1, 0.15) is 0 Å². The Morgan fingerprint density at radius 1 is 1.55 bits per heavy atom. The molecule has 0 saturated heterocycles. The second kappa shape index (κ2) is 2.10. The number of hydrogen-bond acceptors (Lipinski definition) is 2. The van der Waals surface area contributed by atoms with Gasteiger partial charge in [0.2, 0.25) is 0 Å². The van der Waals surface area contributed by atoms with Crippen LogP contribution in [0, 0.1) is 11.8 Å². The SMILES string of the molecule is CN(C)/C=C1/CC2CC2C1=O. The zero-order chi connectivity index (χ0) is 8.01. The van der Waals surface area contributed by atoms with E-state index in [9.17, 15) is 4.79 Å². The maximum atomic E-state index is 11.4. The number of allylic oxidation sites excluding steroid dienone is 1. The van der Waals surface area contributed by atoms with Crippen molar-refractivity contribution in [2.45, 2.75) is 12.8 Å². The Bertz CT molecular complexity index is 230. The van der Waals surface area contributed by atoms with Crippen LogP contribution in [0.4, 0.5) is 0 Å². The van der Waals surface area contributed by atoms with Gasteiger partial charge in [-0.15, -0.1) is 0 Å². The van der Waals surface area contributed by atoms with Gasteiger partial charge in [-0.25, -0.2) is 0 Å². The van der Waals surface area contributed by atoms with Crippen molar-refractivity contribution in [3.05, 3.63) is 11.8 Å². The minimum absolute atomic E-state index is 0.406. The number of carbonyl (C=O) groups is 1. The van der Waals surface area contributed by atoms with Gasteiger partial charge in [0, 0.05) is 31.8 Å². The standard InChI is InChI=1S/C9H13NO/c1-10(2)5-7-3-6-4-8(6)9(7)11/h5-6,8H,3-4H2,1-2H3/b7-5-. The van der Waals surface area contributed by atoms with Crippen molar-refractivity contribution in [3.63, 3.8) is 0 Å². The summed E-state index contributed by atoms with van der Waals surface area (Å²) in [4.78, 5) is 13.3. The largest absolute Gasteiger partial charge is 0.383 e. The molecular formula is C9H13NO.